The fraction of sp³-hybridized carbons (Fsp3) is 0.417. The van der Waals surface area contributed by atoms with Gasteiger partial charge in [0.1, 0.15) is 11.4 Å². The molecule has 0 atom stereocenters. The molecule has 86 valence electrons. The lowest BCUT2D eigenvalue weighted by atomic mass is 10.2. The average Bonchev–Trinajstić information content (AvgIpc) is 2.77. The number of rotatable bonds is 6. The predicted octanol–water partition coefficient (Wildman–Crippen LogP) is 2.37. The van der Waals surface area contributed by atoms with E-state index in [1.807, 2.05) is 12.1 Å². The molecule has 0 spiro atoms. The van der Waals surface area contributed by atoms with Gasteiger partial charge in [-0.05, 0) is 31.5 Å². The average molecular weight is 219 g/mol. The molecule has 2 rings (SSSR count). The molecule has 4 heteroatoms. The third kappa shape index (κ3) is 2.52. The summed E-state index contributed by atoms with van der Waals surface area (Å²) in [5, 5.41) is 4.36. The number of hydrogen-bond acceptors (Lipinski definition) is 4. The molecule has 2 heterocycles. The van der Waals surface area contributed by atoms with Gasteiger partial charge in [0, 0.05) is 12.7 Å². The van der Waals surface area contributed by atoms with E-state index in [0.29, 0.717) is 0 Å². The predicted molar refractivity (Wildman–Crippen MR) is 65.4 cm³/mol. The van der Waals surface area contributed by atoms with Crippen LogP contribution in [0.5, 0.6) is 0 Å². The zero-order chi connectivity index (χ0) is 11.2. The van der Waals surface area contributed by atoms with E-state index in [0.717, 1.165) is 49.1 Å². The van der Waals surface area contributed by atoms with Crippen molar-refractivity contribution in [3.8, 4) is 0 Å². The van der Waals surface area contributed by atoms with Crippen LogP contribution in [0.15, 0.2) is 29.0 Å². The van der Waals surface area contributed by atoms with Crippen molar-refractivity contribution in [1.29, 1.82) is 0 Å². The monoisotopic (exact) mass is 219 g/mol. The highest BCUT2D eigenvalue weighted by Crippen LogP contribution is 2.21. The Hall–Kier alpha value is -1.55. The first kappa shape index (κ1) is 11.0. The van der Waals surface area contributed by atoms with Gasteiger partial charge in [0.2, 0.25) is 0 Å². The Balaban J connectivity index is 1.91. The minimum atomic E-state index is 0.773. The van der Waals surface area contributed by atoms with Gasteiger partial charge < -0.3 is 15.5 Å². The van der Waals surface area contributed by atoms with Crippen molar-refractivity contribution in [3.05, 3.63) is 24.6 Å². The Kier molecular flexibility index (Phi) is 3.77. The molecule has 0 aliphatic rings. The van der Waals surface area contributed by atoms with Crippen molar-refractivity contribution < 1.29 is 4.42 Å². The van der Waals surface area contributed by atoms with Crippen LogP contribution in [-0.4, -0.2) is 18.1 Å². The van der Waals surface area contributed by atoms with E-state index in [4.69, 9.17) is 10.2 Å². The Bertz CT molecular complexity index is 439. The Morgan fingerprint density at radius 3 is 3.06 bits per heavy atom. The van der Waals surface area contributed by atoms with E-state index in [2.05, 4.69) is 10.3 Å². The minimum absolute atomic E-state index is 0.773. The SMILES string of the molecule is NCCCCCNc1nccc2occc12. The molecule has 0 saturated heterocycles. The molecule has 2 aromatic rings. The Morgan fingerprint density at radius 1 is 1.25 bits per heavy atom. The van der Waals surface area contributed by atoms with Gasteiger partial charge in [-0.2, -0.15) is 0 Å². The Labute approximate surface area is 94.8 Å². The van der Waals surface area contributed by atoms with Crippen LogP contribution in [0.1, 0.15) is 19.3 Å². The highest BCUT2D eigenvalue weighted by Gasteiger charge is 2.03. The summed E-state index contributed by atoms with van der Waals surface area (Å²) in [5.41, 5.74) is 6.31. The van der Waals surface area contributed by atoms with Gasteiger partial charge in [-0.1, -0.05) is 6.42 Å². The number of aromatic nitrogens is 1. The van der Waals surface area contributed by atoms with Crippen LogP contribution < -0.4 is 11.1 Å². The quantitative estimate of drug-likeness (QED) is 0.732. The number of anilines is 1. The standard InChI is InChI=1S/C12H17N3O/c13-6-2-1-3-7-14-12-10-5-9-16-11(10)4-8-15-12/h4-5,8-9H,1-3,6-7,13H2,(H,14,15). The number of hydrogen-bond donors (Lipinski definition) is 2. The second-order valence-electron chi connectivity index (χ2n) is 3.77. The zero-order valence-corrected chi connectivity index (χ0v) is 9.28. The molecule has 0 fully saturated rings. The summed E-state index contributed by atoms with van der Waals surface area (Å²) in [5.74, 6) is 0.902. The lowest BCUT2D eigenvalue weighted by Crippen LogP contribution is -2.05. The van der Waals surface area contributed by atoms with Crippen LogP contribution in [0, 0.1) is 0 Å². The maximum atomic E-state index is 5.44. The number of fused-ring (bicyclic) bond motifs is 1. The molecule has 2 aromatic heterocycles. The number of unbranched alkanes of at least 4 members (excludes halogenated alkanes) is 2. The maximum Gasteiger partial charge on any atom is 0.139 e. The smallest absolute Gasteiger partial charge is 0.139 e. The topological polar surface area (TPSA) is 64.1 Å². The van der Waals surface area contributed by atoms with Crippen LogP contribution >= 0.6 is 0 Å². The lowest BCUT2D eigenvalue weighted by Gasteiger charge is -2.05. The fourth-order valence-electron chi connectivity index (χ4n) is 1.69. The van der Waals surface area contributed by atoms with Gasteiger partial charge in [0.25, 0.3) is 0 Å². The van der Waals surface area contributed by atoms with E-state index >= 15 is 0 Å². The number of furan rings is 1. The molecule has 4 nitrogen and oxygen atoms in total. The van der Waals surface area contributed by atoms with Crippen molar-refractivity contribution in [2.75, 3.05) is 18.4 Å². The maximum absolute atomic E-state index is 5.44. The first-order valence-electron chi connectivity index (χ1n) is 5.68. The highest BCUT2D eigenvalue weighted by atomic mass is 16.3. The van der Waals surface area contributed by atoms with E-state index in [1.54, 1.807) is 12.5 Å². The van der Waals surface area contributed by atoms with Gasteiger partial charge in [0.05, 0.1) is 11.6 Å². The molecular formula is C12H17N3O. The van der Waals surface area contributed by atoms with E-state index < -0.39 is 0 Å². The van der Waals surface area contributed by atoms with Crippen molar-refractivity contribution in [2.24, 2.45) is 5.73 Å². The fourth-order valence-corrected chi connectivity index (χ4v) is 1.69. The lowest BCUT2D eigenvalue weighted by molar-refractivity contribution is 0.615. The van der Waals surface area contributed by atoms with Crippen molar-refractivity contribution >= 4 is 16.8 Å². The van der Waals surface area contributed by atoms with E-state index in [9.17, 15) is 0 Å². The third-order valence-electron chi connectivity index (χ3n) is 2.55. The van der Waals surface area contributed by atoms with Gasteiger partial charge in [-0.25, -0.2) is 4.98 Å². The normalized spacial score (nSPS) is 10.8. The number of nitrogens with one attached hydrogen (secondary N) is 1. The van der Waals surface area contributed by atoms with E-state index in [1.165, 1.54) is 0 Å². The number of pyridine rings is 1. The summed E-state index contributed by atoms with van der Waals surface area (Å²) in [7, 11) is 0. The minimum Gasteiger partial charge on any atom is -0.464 e. The molecule has 0 aliphatic heterocycles. The molecule has 0 bridgehead atoms. The molecule has 0 amide bonds. The molecule has 0 radical (unpaired) electrons. The van der Waals surface area contributed by atoms with Gasteiger partial charge in [-0.15, -0.1) is 0 Å². The molecule has 0 aromatic carbocycles. The van der Waals surface area contributed by atoms with Gasteiger partial charge in [-0.3, -0.25) is 0 Å². The van der Waals surface area contributed by atoms with Crippen LogP contribution in [0.3, 0.4) is 0 Å². The van der Waals surface area contributed by atoms with Crippen LogP contribution in [-0.2, 0) is 0 Å². The first-order valence-corrected chi connectivity index (χ1v) is 5.68. The molecule has 0 aliphatic carbocycles. The largest absolute Gasteiger partial charge is 0.464 e. The van der Waals surface area contributed by atoms with Crippen LogP contribution in [0.2, 0.25) is 0 Å². The summed E-state index contributed by atoms with van der Waals surface area (Å²) in [6.07, 6.45) is 6.81. The van der Waals surface area contributed by atoms with Crippen molar-refractivity contribution in [3.63, 3.8) is 0 Å². The summed E-state index contributed by atoms with van der Waals surface area (Å²) in [6.45, 7) is 1.70. The highest BCUT2D eigenvalue weighted by molar-refractivity contribution is 5.87. The van der Waals surface area contributed by atoms with Gasteiger partial charge >= 0.3 is 0 Å². The van der Waals surface area contributed by atoms with Crippen LogP contribution in [0.4, 0.5) is 5.82 Å². The van der Waals surface area contributed by atoms with Crippen molar-refractivity contribution in [1.82, 2.24) is 4.98 Å². The molecule has 0 unspecified atom stereocenters. The molecule has 0 saturated carbocycles. The zero-order valence-electron chi connectivity index (χ0n) is 9.28. The molecular weight excluding hydrogens is 202 g/mol. The number of nitrogens with two attached hydrogens (primary N) is 1. The van der Waals surface area contributed by atoms with Gasteiger partial charge in [0.15, 0.2) is 0 Å². The summed E-state index contributed by atoms with van der Waals surface area (Å²) >= 11 is 0. The second-order valence-corrected chi connectivity index (χ2v) is 3.77. The number of nitrogens with zero attached hydrogens (tertiary/aromatic N) is 1. The molecule has 16 heavy (non-hydrogen) atoms. The summed E-state index contributed by atoms with van der Waals surface area (Å²) in [4.78, 5) is 4.30. The third-order valence-corrected chi connectivity index (χ3v) is 2.55. The first-order chi connectivity index (χ1) is 7.92. The molecule has 3 N–H and O–H groups in total. The summed E-state index contributed by atoms with van der Waals surface area (Å²) in [6, 6.07) is 3.81. The second kappa shape index (κ2) is 5.51. The Morgan fingerprint density at radius 2 is 2.19 bits per heavy atom. The van der Waals surface area contributed by atoms with E-state index in [-0.39, 0.29) is 0 Å². The van der Waals surface area contributed by atoms with Crippen molar-refractivity contribution in [2.45, 2.75) is 19.3 Å². The summed E-state index contributed by atoms with van der Waals surface area (Å²) < 4.78 is 5.31. The van der Waals surface area contributed by atoms with Crippen LogP contribution in [0.25, 0.3) is 11.0 Å².